The van der Waals surface area contributed by atoms with Gasteiger partial charge in [-0.2, -0.15) is 4.31 Å². The summed E-state index contributed by atoms with van der Waals surface area (Å²) in [6, 6.07) is 14.7. The summed E-state index contributed by atoms with van der Waals surface area (Å²) in [7, 11) is -3.62. The van der Waals surface area contributed by atoms with Gasteiger partial charge in [0.1, 0.15) is 11.8 Å². The third-order valence-electron chi connectivity index (χ3n) is 6.23. The van der Waals surface area contributed by atoms with Crippen molar-refractivity contribution >= 4 is 21.8 Å². The first-order valence-corrected chi connectivity index (χ1v) is 14.7. The highest BCUT2D eigenvalue weighted by molar-refractivity contribution is 7.89. The van der Waals surface area contributed by atoms with Crippen molar-refractivity contribution in [3.63, 3.8) is 0 Å². The van der Waals surface area contributed by atoms with Crippen LogP contribution >= 0.6 is 0 Å². The van der Waals surface area contributed by atoms with E-state index in [9.17, 15) is 18.0 Å². The summed E-state index contributed by atoms with van der Waals surface area (Å²) in [4.78, 5) is 27.7. The van der Waals surface area contributed by atoms with E-state index in [-0.39, 0.29) is 36.0 Å². The maximum atomic E-state index is 13.2. The van der Waals surface area contributed by atoms with Crippen molar-refractivity contribution in [1.29, 1.82) is 0 Å². The van der Waals surface area contributed by atoms with E-state index >= 15 is 0 Å². The van der Waals surface area contributed by atoms with E-state index in [1.165, 1.54) is 33.5 Å². The minimum Gasteiger partial charge on any atom is -0.484 e. The number of amides is 2. The van der Waals surface area contributed by atoms with Gasteiger partial charge in [-0.05, 0) is 57.0 Å². The molecule has 11 heteroatoms. The van der Waals surface area contributed by atoms with Crippen LogP contribution in [0, 0.1) is 0 Å². The second kappa shape index (κ2) is 15.0. The van der Waals surface area contributed by atoms with Crippen LogP contribution in [-0.4, -0.2) is 87.6 Å². The molecule has 1 aliphatic heterocycles. The predicted octanol–water partition coefficient (Wildman–Crippen LogP) is 2.43. The molecule has 3 rings (SSSR count). The summed E-state index contributed by atoms with van der Waals surface area (Å²) in [5.74, 6) is -0.276. The van der Waals surface area contributed by atoms with E-state index in [1.807, 2.05) is 44.2 Å². The maximum Gasteiger partial charge on any atom is 0.261 e. The molecule has 1 fully saturated rings. The van der Waals surface area contributed by atoms with Crippen molar-refractivity contribution in [2.75, 3.05) is 46.1 Å². The molecule has 1 atom stereocenters. The number of carbonyl (C=O) groups excluding carboxylic acids is 2. The number of benzene rings is 2. The zero-order valence-electron chi connectivity index (χ0n) is 22.9. The number of rotatable bonds is 14. The predicted molar refractivity (Wildman–Crippen MR) is 147 cm³/mol. The van der Waals surface area contributed by atoms with Gasteiger partial charge in [-0.1, -0.05) is 30.3 Å². The molecule has 0 radical (unpaired) electrons. The fourth-order valence-electron chi connectivity index (χ4n) is 3.99. The van der Waals surface area contributed by atoms with E-state index in [0.717, 1.165) is 5.56 Å². The van der Waals surface area contributed by atoms with Crippen LogP contribution in [0.4, 0.5) is 0 Å². The maximum absolute atomic E-state index is 13.2. The lowest BCUT2D eigenvalue weighted by Crippen LogP contribution is -2.49. The molecule has 0 aromatic heterocycles. The monoisotopic (exact) mass is 561 g/mol. The van der Waals surface area contributed by atoms with E-state index in [4.69, 9.17) is 14.2 Å². The van der Waals surface area contributed by atoms with Crippen LogP contribution in [0.25, 0.3) is 0 Å². The number of ether oxygens (including phenoxy) is 3. The van der Waals surface area contributed by atoms with E-state index in [1.54, 1.807) is 6.92 Å². The second-order valence-electron chi connectivity index (χ2n) is 9.52. The van der Waals surface area contributed by atoms with Crippen LogP contribution in [0.1, 0.15) is 32.8 Å². The number of nitrogens with zero attached hydrogens (tertiary/aromatic N) is 2. The first-order valence-electron chi connectivity index (χ1n) is 13.2. The molecule has 10 nitrogen and oxygen atoms in total. The van der Waals surface area contributed by atoms with Crippen LogP contribution in [0.3, 0.4) is 0 Å². The summed E-state index contributed by atoms with van der Waals surface area (Å²) in [6.07, 6.45) is 0.799. The third-order valence-corrected chi connectivity index (χ3v) is 8.14. The van der Waals surface area contributed by atoms with E-state index in [0.29, 0.717) is 51.6 Å². The Hall–Kier alpha value is -2.99. The molecule has 39 heavy (non-hydrogen) atoms. The van der Waals surface area contributed by atoms with Gasteiger partial charge >= 0.3 is 0 Å². The lowest BCUT2D eigenvalue weighted by molar-refractivity contribution is -0.142. The van der Waals surface area contributed by atoms with Crippen LogP contribution in [0.15, 0.2) is 59.5 Å². The lowest BCUT2D eigenvalue weighted by Gasteiger charge is -2.29. The molecule has 0 aliphatic carbocycles. The molecule has 2 aromatic rings. The van der Waals surface area contributed by atoms with Crippen LogP contribution in [0.5, 0.6) is 5.75 Å². The summed E-state index contributed by atoms with van der Waals surface area (Å²) in [5, 5.41) is 2.88. The second-order valence-corrected chi connectivity index (χ2v) is 11.5. The largest absolute Gasteiger partial charge is 0.484 e. The Morgan fingerprint density at radius 1 is 1.03 bits per heavy atom. The van der Waals surface area contributed by atoms with Crippen LogP contribution in [0.2, 0.25) is 0 Å². The first-order chi connectivity index (χ1) is 18.7. The number of morpholine rings is 1. The van der Waals surface area contributed by atoms with Gasteiger partial charge in [0.05, 0.1) is 24.2 Å². The van der Waals surface area contributed by atoms with Gasteiger partial charge in [-0.3, -0.25) is 9.59 Å². The summed E-state index contributed by atoms with van der Waals surface area (Å²) in [5.41, 5.74) is 0.883. The number of nitrogens with one attached hydrogen (secondary N) is 1. The molecule has 1 N–H and O–H groups in total. The topological polar surface area (TPSA) is 114 Å². The zero-order valence-corrected chi connectivity index (χ0v) is 23.7. The van der Waals surface area contributed by atoms with E-state index < -0.39 is 16.1 Å². The summed E-state index contributed by atoms with van der Waals surface area (Å²) < 4.78 is 43.5. The van der Waals surface area contributed by atoms with Crippen molar-refractivity contribution in [3.8, 4) is 5.75 Å². The highest BCUT2D eigenvalue weighted by atomic mass is 32.2. The average Bonchev–Trinajstić information content (AvgIpc) is 2.95. The molecule has 214 valence electrons. The van der Waals surface area contributed by atoms with Gasteiger partial charge in [-0.15, -0.1) is 0 Å². The number of hydrogen-bond donors (Lipinski definition) is 1. The Balaban J connectivity index is 1.61. The molecular weight excluding hydrogens is 522 g/mol. The van der Waals surface area contributed by atoms with Crippen LogP contribution in [-0.2, 0) is 35.6 Å². The SMILES string of the molecule is CC(C)OCCCNC(=O)[C@H](C)N(Cc1ccccc1)C(=O)COc1ccc(S(=O)(=O)N2CCOCC2)cc1. The van der Waals surface area contributed by atoms with Gasteiger partial charge in [0.25, 0.3) is 5.91 Å². The normalized spacial score (nSPS) is 15.1. The highest BCUT2D eigenvalue weighted by Gasteiger charge is 2.28. The molecule has 0 bridgehead atoms. The average molecular weight is 562 g/mol. The Kier molecular flexibility index (Phi) is 11.7. The summed E-state index contributed by atoms with van der Waals surface area (Å²) in [6.45, 7) is 7.87. The Labute approximate surface area is 231 Å². The lowest BCUT2D eigenvalue weighted by atomic mass is 10.1. The molecular formula is C28H39N3O7S. The molecule has 2 amide bonds. The van der Waals surface area contributed by atoms with Crippen molar-refractivity contribution in [3.05, 3.63) is 60.2 Å². The fourth-order valence-corrected chi connectivity index (χ4v) is 5.39. The quantitative estimate of drug-likeness (QED) is 0.353. The minimum absolute atomic E-state index is 0.129. The number of sulfonamides is 1. The van der Waals surface area contributed by atoms with Crippen molar-refractivity contribution in [2.45, 2.75) is 50.8 Å². The third kappa shape index (κ3) is 9.31. The minimum atomic E-state index is -3.62. The molecule has 1 saturated heterocycles. The molecule has 0 saturated carbocycles. The molecule has 0 spiro atoms. The summed E-state index contributed by atoms with van der Waals surface area (Å²) >= 11 is 0. The van der Waals surface area contributed by atoms with Crippen LogP contribution < -0.4 is 10.1 Å². The van der Waals surface area contributed by atoms with Crippen molar-refractivity contribution in [2.24, 2.45) is 0 Å². The number of carbonyl (C=O) groups is 2. The molecule has 1 heterocycles. The first kappa shape index (κ1) is 30.6. The van der Waals surface area contributed by atoms with E-state index in [2.05, 4.69) is 5.32 Å². The van der Waals surface area contributed by atoms with Gasteiger partial charge in [-0.25, -0.2) is 8.42 Å². The van der Waals surface area contributed by atoms with Gasteiger partial charge in [0, 0.05) is 32.8 Å². The van der Waals surface area contributed by atoms with Crippen molar-refractivity contribution in [1.82, 2.24) is 14.5 Å². The van der Waals surface area contributed by atoms with Crippen molar-refractivity contribution < 1.29 is 32.2 Å². The van der Waals surface area contributed by atoms with Gasteiger partial charge < -0.3 is 24.4 Å². The number of hydrogen-bond acceptors (Lipinski definition) is 7. The van der Waals surface area contributed by atoms with Gasteiger partial charge in [0.2, 0.25) is 15.9 Å². The molecule has 1 aliphatic rings. The molecule has 0 unspecified atom stereocenters. The fraction of sp³-hybridized carbons (Fsp3) is 0.500. The molecule has 2 aromatic carbocycles. The zero-order chi connectivity index (χ0) is 28.3. The Bertz CT molecular complexity index is 1150. The standard InChI is InChI=1S/C28H39N3O7S/c1-22(2)37-17-7-14-29-28(33)23(3)31(20-24-8-5-4-6-9-24)27(32)21-38-25-10-12-26(13-11-25)39(34,35)30-15-18-36-19-16-30/h4-6,8-13,22-23H,7,14-21H2,1-3H3,(H,29,33)/t23-/m0/s1. The smallest absolute Gasteiger partial charge is 0.261 e. The Morgan fingerprint density at radius 2 is 1.69 bits per heavy atom. The highest BCUT2D eigenvalue weighted by Crippen LogP contribution is 2.21. The Morgan fingerprint density at radius 3 is 2.33 bits per heavy atom. The van der Waals surface area contributed by atoms with Gasteiger partial charge in [0.15, 0.2) is 6.61 Å².